The van der Waals surface area contributed by atoms with Crippen LogP contribution in [0.4, 0.5) is 11.4 Å². The van der Waals surface area contributed by atoms with E-state index in [1.54, 1.807) is 42.5 Å². The minimum atomic E-state index is -1.26. The Morgan fingerprint density at radius 3 is 2.39 bits per heavy atom. The number of aromatic hydroxyl groups is 1. The van der Waals surface area contributed by atoms with Crippen LogP contribution in [0.1, 0.15) is 10.4 Å². The summed E-state index contributed by atoms with van der Waals surface area (Å²) in [6, 6.07) is 13.3. The Morgan fingerprint density at radius 1 is 0.929 bits per heavy atom. The summed E-state index contributed by atoms with van der Waals surface area (Å²) in [7, 11) is 0. The van der Waals surface area contributed by atoms with Crippen molar-refractivity contribution in [1.82, 2.24) is 9.97 Å². The maximum atomic E-state index is 11.4. The normalized spacial score (nSPS) is 11.5. The second-order valence-electron chi connectivity index (χ2n) is 5.83. The number of hydrogen-bond donors (Lipinski definition) is 2. The minimum Gasteiger partial charge on any atom is -0.505 e. The van der Waals surface area contributed by atoms with Crippen LogP contribution in [-0.4, -0.2) is 26.2 Å². The van der Waals surface area contributed by atoms with Crippen LogP contribution in [0.5, 0.6) is 5.75 Å². The van der Waals surface area contributed by atoms with Crippen LogP contribution in [0.3, 0.4) is 0 Å². The van der Waals surface area contributed by atoms with Crippen molar-refractivity contribution < 1.29 is 15.0 Å². The Labute approximate surface area is 167 Å². The van der Waals surface area contributed by atoms with Crippen LogP contribution in [0.25, 0.3) is 21.8 Å². The Kier molecular flexibility index (Phi) is 4.54. The zero-order valence-electron chi connectivity index (χ0n) is 14.0. The molecule has 0 spiro atoms. The molecule has 1 aromatic heterocycles. The van der Waals surface area contributed by atoms with E-state index in [9.17, 15) is 15.0 Å². The van der Waals surface area contributed by atoms with Gasteiger partial charge in [-0.2, -0.15) is 5.11 Å². The highest BCUT2D eigenvalue weighted by Crippen LogP contribution is 2.39. The fourth-order valence-corrected chi connectivity index (χ4v) is 3.02. The number of aromatic carboxylic acids is 1. The molecule has 9 heteroatoms. The lowest BCUT2D eigenvalue weighted by atomic mass is 10.0. The average Bonchev–Trinajstić information content (AvgIpc) is 2.67. The van der Waals surface area contributed by atoms with Crippen molar-refractivity contribution in [2.75, 3.05) is 0 Å². The molecule has 0 bridgehead atoms. The number of azo groups is 1. The summed E-state index contributed by atoms with van der Waals surface area (Å²) in [5.41, 5.74) is 1.24. The molecule has 0 amide bonds. The van der Waals surface area contributed by atoms with Crippen molar-refractivity contribution in [2.24, 2.45) is 10.2 Å². The predicted octanol–water partition coefficient (Wildman–Crippen LogP) is 5.91. The topological polar surface area (TPSA) is 108 Å². The van der Waals surface area contributed by atoms with Gasteiger partial charge in [-0.05, 0) is 29.7 Å². The molecule has 0 fully saturated rings. The van der Waals surface area contributed by atoms with Gasteiger partial charge in [-0.3, -0.25) is 0 Å². The standard InChI is InChI=1S/C19H10Cl2N4O3/c20-17-18(21)23-14-8-10(5-6-13(14)22-17)24-25-15-11-4-2-1-3-9(11)7-12(16(15)26)19(27)28/h1-8,26H,(H,27,28). The lowest BCUT2D eigenvalue weighted by Crippen LogP contribution is -1.97. The van der Waals surface area contributed by atoms with E-state index in [-0.39, 0.29) is 21.6 Å². The molecule has 4 rings (SSSR count). The van der Waals surface area contributed by atoms with E-state index in [1.807, 2.05) is 0 Å². The molecule has 0 atom stereocenters. The Hall–Kier alpha value is -3.29. The molecule has 0 saturated heterocycles. The summed E-state index contributed by atoms with van der Waals surface area (Å²) >= 11 is 11.8. The van der Waals surface area contributed by atoms with E-state index in [4.69, 9.17) is 23.2 Å². The Balaban J connectivity index is 1.84. The first-order chi connectivity index (χ1) is 13.4. The third-order valence-electron chi connectivity index (χ3n) is 4.06. The summed E-state index contributed by atoms with van der Waals surface area (Å²) in [4.78, 5) is 19.7. The summed E-state index contributed by atoms with van der Waals surface area (Å²) in [6.07, 6.45) is 0. The van der Waals surface area contributed by atoms with E-state index in [1.165, 1.54) is 6.07 Å². The third kappa shape index (κ3) is 3.21. The maximum absolute atomic E-state index is 11.4. The van der Waals surface area contributed by atoms with Gasteiger partial charge in [0.1, 0.15) is 11.3 Å². The fourth-order valence-electron chi connectivity index (χ4n) is 2.75. The van der Waals surface area contributed by atoms with E-state index in [0.717, 1.165) is 0 Å². The van der Waals surface area contributed by atoms with Gasteiger partial charge in [0, 0.05) is 5.39 Å². The van der Waals surface area contributed by atoms with E-state index in [0.29, 0.717) is 27.5 Å². The second kappa shape index (κ2) is 7.03. The average molecular weight is 413 g/mol. The number of carboxylic acid groups (broad SMARTS) is 1. The predicted molar refractivity (Wildman–Crippen MR) is 106 cm³/mol. The largest absolute Gasteiger partial charge is 0.505 e. The van der Waals surface area contributed by atoms with Crippen molar-refractivity contribution >= 4 is 62.4 Å². The van der Waals surface area contributed by atoms with Crippen LogP contribution in [0.15, 0.2) is 58.8 Å². The first-order valence-electron chi connectivity index (χ1n) is 7.96. The molecular formula is C19H10Cl2N4O3. The fraction of sp³-hybridized carbons (Fsp3) is 0. The zero-order valence-corrected chi connectivity index (χ0v) is 15.5. The number of carbonyl (C=O) groups is 1. The van der Waals surface area contributed by atoms with Crippen LogP contribution >= 0.6 is 23.2 Å². The summed E-state index contributed by atoms with van der Waals surface area (Å²) < 4.78 is 0. The van der Waals surface area contributed by atoms with Crippen LogP contribution < -0.4 is 0 Å². The molecule has 0 unspecified atom stereocenters. The van der Waals surface area contributed by atoms with Gasteiger partial charge in [-0.25, -0.2) is 14.8 Å². The molecule has 2 N–H and O–H groups in total. The van der Waals surface area contributed by atoms with Crippen molar-refractivity contribution in [3.8, 4) is 5.75 Å². The first kappa shape index (κ1) is 18.1. The SMILES string of the molecule is O=C(O)c1cc2ccccc2c(N=Nc2ccc3nc(Cl)c(Cl)nc3c2)c1O. The monoisotopic (exact) mass is 412 g/mol. The molecule has 0 aliphatic carbocycles. The lowest BCUT2D eigenvalue weighted by molar-refractivity contribution is 0.0694. The van der Waals surface area contributed by atoms with E-state index >= 15 is 0 Å². The number of hydrogen-bond acceptors (Lipinski definition) is 6. The third-order valence-corrected chi connectivity index (χ3v) is 4.68. The minimum absolute atomic E-state index is 0.0656. The lowest BCUT2D eigenvalue weighted by Gasteiger charge is -2.07. The molecule has 7 nitrogen and oxygen atoms in total. The zero-order chi connectivity index (χ0) is 19.8. The van der Waals surface area contributed by atoms with Crippen molar-refractivity contribution in [1.29, 1.82) is 0 Å². The highest BCUT2D eigenvalue weighted by molar-refractivity contribution is 6.40. The van der Waals surface area contributed by atoms with Crippen LogP contribution in [0, 0.1) is 0 Å². The molecule has 138 valence electrons. The van der Waals surface area contributed by atoms with Crippen LogP contribution in [-0.2, 0) is 0 Å². The summed E-state index contributed by atoms with van der Waals surface area (Å²) in [6.45, 7) is 0. The quantitative estimate of drug-likeness (QED) is 0.406. The number of fused-ring (bicyclic) bond motifs is 2. The van der Waals surface area contributed by atoms with Gasteiger partial charge in [0.25, 0.3) is 0 Å². The molecule has 3 aromatic carbocycles. The van der Waals surface area contributed by atoms with Crippen molar-refractivity contribution in [2.45, 2.75) is 0 Å². The molecular weight excluding hydrogens is 403 g/mol. The highest BCUT2D eigenvalue weighted by atomic mass is 35.5. The maximum Gasteiger partial charge on any atom is 0.339 e. The van der Waals surface area contributed by atoms with Gasteiger partial charge in [0.2, 0.25) is 0 Å². The number of rotatable bonds is 3. The van der Waals surface area contributed by atoms with Gasteiger partial charge in [-0.1, -0.05) is 47.5 Å². The van der Waals surface area contributed by atoms with E-state index in [2.05, 4.69) is 20.2 Å². The highest BCUT2D eigenvalue weighted by Gasteiger charge is 2.17. The van der Waals surface area contributed by atoms with E-state index < -0.39 is 11.7 Å². The summed E-state index contributed by atoms with van der Waals surface area (Å²) in [5.74, 6) is -1.71. The number of phenols is 1. The van der Waals surface area contributed by atoms with Gasteiger partial charge < -0.3 is 10.2 Å². The van der Waals surface area contributed by atoms with Crippen LogP contribution in [0.2, 0.25) is 10.3 Å². The van der Waals surface area contributed by atoms with Crippen molar-refractivity contribution in [3.63, 3.8) is 0 Å². The molecule has 0 radical (unpaired) electrons. The number of aromatic nitrogens is 2. The second-order valence-corrected chi connectivity index (χ2v) is 6.54. The molecule has 28 heavy (non-hydrogen) atoms. The van der Waals surface area contributed by atoms with Gasteiger partial charge in [-0.15, -0.1) is 5.11 Å². The molecule has 1 heterocycles. The van der Waals surface area contributed by atoms with Gasteiger partial charge >= 0.3 is 5.97 Å². The molecule has 0 aliphatic heterocycles. The van der Waals surface area contributed by atoms with Gasteiger partial charge in [0.15, 0.2) is 16.1 Å². The Morgan fingerprint density at radius 2 is 1.64 bits per heavy atom. The van der Waals surface area contributed by atoms with Crippen molar-refractivity contribution in [3.05, 3.63) is 64.4 Å². The first-order valence-corrected chi connectivity index (χ1v) is 8.72. The molecule has 4 aromatic rings. The number of halogens is 2. The number of nitrogens with zero attached hydrogens (tertiary/aromatic N) is 4. The number of carboxylic acids is 1. The number of benzene rings is 3. The van der Waals surface area contributed by atoms with Gasteiger partial charge in [0.05, 0.1) is 16.7 Å². The molecule has 0 aliphatic rings. The summed E-state index contributed by atoms with van der Waals surface area (Å²) in [5, 5.41) is 29.3. The smallest absolute Gasteiger partial charge is 0.339 e. The molecule has 0 saturated carbocycles. The Bertz CT molecular complexity index is 1290.